The van der Waals surface area contributed by atoms with Crippen LogP contribution in [0.2, 0.25) is 0 Å². The number of hydrogen-bond acceptors (Lipinski definition) is 2. The van der Waals surface area contributed by atoms with Crippen molar-refractivity contribution in [2.75, 3.05) is 13.1 Å². The monoisotopic (exact) mass is 281 g/mol. The van der Waals surface area contributed by atoms with Crippen LogP contribution >= 0.6 is 0 Å². The first-order chi connectivity index (χ1) is 10.3. The van der Waals surface area contributed by atoms with Crippen LogP contribution in [0.4, 0.5) is 0 Å². The Hall–Kier alpha value is -2.10. The van der Waals surface area contributed by atoms with Gasteiger partial charge in [-0.1, -0.05) is 24.3 Å². The summed E-state index contributed by atoms with van der Waals surface area (Å²) in [6, 6.07) is 8.51. The second-order valence-corrected chi connectivity index (χ2v) is 5.94. The maximum Gasteiger partial charge on any atom is 0.274 e. The lowest BCUT2D eigenvalue weighted by Crippen LogP contribution is -2.34. The van der Waals surface area contributed by atoms with Crippen LogP contribution < -0.4 is 0 Å². The van der Waals surface area contributed by atoms with Gasteiger partial charge in [-0.3, -0.25) is 9.89 Å². The minimum Gasteiger partial charge on any atom is -0.337 e. The lowest BCUT2D eigenvalue weighted by Gasteiger charge is -2.19. The van der Waals surface area contributed by atoms with Gasteiger partial charge >= 0.3 is 0 Å². The summed E-state index contributed by atoms with van der Waals surface area (Å²) >= 11 is 0. The summed E-state index contributed by atoms with van der Waals surface area (Å²) in [4.78, 5) is 14.7. The summed E-state index contributed by atoms with van der Waals surface area (Å²) < 4.78 is 0. The molecule has 21 heavy (non-hydrogen) atoms. The fourth-order valence-corrected chi connectivity index (χ4v) is 3.52. The zero-order chi connectivity index (χ0) is 14.2. The van der Waals surface area contributed by atoms with Crippen molar-refractivity contribution >= 4 is 5.91 Å². The van der Waals surface area contributed by atoms with Crippen molar-refractivity contribution in [2.45, 2.75) is 32.1 Å². The fourth-order valence-electron chi connectivity index (χ4n) is 3.52. The Morgan fingerprint density at radius 2 is 1.76 bits per heavy atom. The van der Waals surface area contributed by atoms with E-state index in [4.69, 9.17) is 0 Å². The molecule has 4 rings (SSSR count). The highest BCUT2D eigenvalue weighted by molar-refractivity contribution is 5.94. The van der Waals surface area contributed by atoms with E-state index in [1.54, 1.807) is 0 Å². The first kappa shape index (κ1) is 12.6. The van der Waals surface area contributed by atoms with Crippen molar-refractivity contribution in [1.82, 2.24) is 15.1 Å². The Morgan fingerprint density at radius 3 is 2.48 bits per heavy atom. The average molecular weight is 281 g/mol. The molecule has 2 heterocycles. The molecule has 0 saturated carbocycles. The lowest BCUT2D eigenvalue weighted by molar-refractivity contribution is 0.0756. The number of rotatable bonds is 1. The summed E-state index contributed by atoms with van der Waals surface area (Å²) in [6.45, 7) is 1.58. The molecule has 4 nitrogen and oxygen atoms in total. The van der Waals surface area contributed by atoms with Gasteiger partial charge in [0.15, 0.2) is 5.69 Å². The Labute approximate surface area is 124 Å². The number of fused-ring (bicyclic) bond motifs is 2. The Morgan fingerprint density at radius 1 is 1.05 bits per heavy atom. The minimum atomic E-state index is 0.0993. The molecule has 1 amide bonds. The van der Waals surface area contributed by atoms with Crippen molar-refractivity contribution in [3.05, 3.63) is 52.3 Å². The summed E-state index contributed by atoms with van der Waals surface area (Å²) in [5, 5.41) is 7.32. The van der Waals surface area contributed by atoms with Crippen molar-refractivity contribution < 1.29 is 4.79 Å². The molecule has 2 aromatic rings. The number of amides is 1. The number of aromatic amines is 1. The predicted molar refractivity (Wildman–Crippen MR) is 80.4 cm³/mol. The predicted octanol–water partition coefficient (Wildman–Crippen LogP) is 2.14. The van der Waals surface area contributed by atoms with E-state index in [9.17, 15) is 4.79 Å². The van der Waals surface area contributed by atoms with Gasteiger partial charge in [-0.05, 0) is 43.2 Å². The molecule has 0 atom stereocenters. The number of aryl methyl sites for hydroxylation is 1. The van der Waals surface area contributed by atoms with E-state index in [0.29, 0.717) is 5.69 Å². The third kappa shape index (κ3) is 2.15. The largest absolute Gasteiger partial charge is 0.337 e. The molecular formula is C17H19N3O. The highest BCUT2D eigenvalue weighted by atomic mass is 16.2. The van der Waals surface area contributed by atoms with E-state index >= 15 is 0 Å². The van der Waals surface area contributed by atoms with Crippen LogP contribution in [0.1, 0.15) is 39.3 Å². The summed E-state index contributed by atoms with van der Waals surface area (Å²) in [6.07, 6.45) is 5.03. The SMILES string of the molecule is O=C(c1n[nH]c2c1CCC2)N1CCc2ccccc2CC1. The average Bonchev–Trinajstić information content (AvgIpc) is 3.04. The van der Waals surface area contributed by atoms with Crippen LogP contribution in [0, 0.1) is 0 Å². The molecule has 0 saturated heterocycles. The molecule has 108 valence electrons. The molecule has 1 aromatic heterocycles. The number of nitrogens with zero attached hydrogens (tertiary/aromatic N) is 2. The molecule has 1 N–H and O–H groups in total. The Kier molecular flexibility index (Phi) is 3.02. The quantitative estimate of drug-likeness (QED) is 0.870. The van der Waals surface area contributed by atoms with Crippen molar-refractivity contribution in [2.24, 2.45) is 0 Å². The van der Waals surface area contributed by atoms with E-state index in [-0.39, 0.29) is 5.91 Å². The number of carbonyl (C=O) groups is 1. The topological polar surface area (TPSA) is 49.0 Å². The number of aromatic nitrogens is 2. The van der Waals surface area contributed by atoms with E-state index in [1.807, 2.05) is 4.90 Å². The Bertz CT molecular complexity index is 662. The van der Waals surface area contributed by atoms with Crippen molar-refractivity contribution in [1.29, 1.82) is 0 Å². The van der Waals surface area contributed by atoms with Crippen LogP contribution in [0.3, 0.4) is 0 Å². The van der Waals surface area contributed by atoms with Gasteiger partial charge in [0, 0.05) is 24.3 Å². The van der Waals surface area contributed by atoms with Crippen LogP contribution in [0.15, 0.2) is 24.3 Å². The number of benzene rings is 1. The van der Waals surface area contributed by atoms with Gasteiger partial charge in [-0.15, -0.1) is 0 Å². The highest BCUT2D eigenvalue weighted by Crippen LogP contribution is 2.24. The molecule has 0 fully saturated rings. The molecule has 0 bridgehead atoms. The maximum atomic E-state index is 12.8. The zero-order valence-electron chi connectivity index (χ0n) is 12.1. The van der Waals surface area contributed by atoms with Gasteiger partial charge in [0.1, 0.15) is 0 Å². The van der Waals surface area contributed by atoms with E-state index in [1.165, 1.54) is 11.1 Å². The molecule has 2 aliphatic rings. The third-order valence-electron chi connectivity index (χ3n) is 4.72. The fraction of sp³-hybridized carbons (Fsp3) is 0.412. The van der Waals surface area contributed by atoms with E-state index in [0.717, 1.165) is 56.5 Å². The number of nitrogens with one attached hydrogen (secondary N) is 1. The molecule has 0 spiro atoms. The first-order valence-electron chi connectivity index (χ1n) is 7.75. The molecule has 0 unspecified atom stereocenters. The molecular weight excluding hydrogens is 262 g/mol. The number of carbonyl (C=O) groups excluding carboxylic acids is 1. The van der Waals surface area contributed by atoms with E-state index in [2.05, 4.69) is 34.5 Å². The van der Waals surface area contributed by atoms with Gasteiger partial charge in [-0.2, -0.15) is 5.10 Å². The van der Waals surface area contributed by atoms with Gasteiger partial charge in [-0.25, -0.2) is 0 Å². The summed E-state index contributed by atoms with van der Waals surface area (Å²) in [7, 11) is 0. The van der Waals surface area contributed by atoms with Crippen LogP contribution in [0.25, 0.3) is 0 Å². The molecule has 1 aliphatic heterocycles. The minimum absolute atomic E-state index is 0.0993. The Balaban J connectivity index is 1.56. The highest BCUT2D eigenvalue weighted by Gasteiger charge is 2.27. The van der Waals surface area contributed by atoms with Gasteiger partial charge in [0.25, 0.3) is 5.91 Å². The van der Waals surface area contributed by atoms with Gasteiger partial charge < -0.3 is 4.90 Å². The van der Waals surface area contributed by atoms with Gasteiger partial charge in [0.05, 0.1) is 0 Å². The summed E-state index contributed by atoms with van der Waals surface area (Å²) in [5.74, 6) is 0.0993. The maximum absolute atomic E-state index is 12.8. The van der Waals surface area contributed by atoms with Gasteiger partial charge in [0.2, 0.25) is 0 Å². The third-order valence-corrected chi connectivity index (χ3v) is 4.72. The normalized spacial score (nSPS) is 17.2. The second kappa shape index (κ2) is 5.02. The molecule has 1 aromatic carbocycles. The van der Waals surface area contributed by atoms with Crippen LogP contribution in [-0.2, 0) is 25.7 Å². The smallest absolute Gasteiger partial charge is 0.274 e. The number of H-pyrrole nitrogens is 1. The van der Waals surface area contributed by atoms with Crippen molar-refractivity contribution in [3.8, 4) is 0 Å². The molecule has 0 radical (unpaired) electrons. The van der Waals surface area contributed by atoms with Crippen LogP contribution in [0.5, 0.6) is 0 Å². The second-order valence-electron chi connectivity index (χ2n) is 5.94. The standard InChI is InChI=1S/C17H19N3O/c21-17(16-14-6-3-7-15(14)18-19-16)20-10-8-12-4-1-2-5-13(12)9-11-20/h1-2,4-5H,3,6-11H2,(H,18,19). The van der Waals surface area contributed by atoms with E-state index < -0.39 is 0 Å². The van der Waals surface area contributed by atoms with Crippen LogP contribution in [-0.4, -0.2) is 34.1 Å². The zero-order valence-corrected chi connectivity index (χ0v) is 12.1. The first-order valence-corrected chi connectivity index (χ1v) is 7.75. The summed E-state index contributed by atoms with van der Waals surface area (Å²) in [5.41, 5.74) is 5.73. The molecule has 1 aliphatic carbocycles. The molecule has 4 heteroatoms. The number of hydrogen-bond donors (Lipinski definition) is 1. The lowest BCUT2D eigenvalue weighted by atomic mass is 10.0. The van der Waals surface area contributed by atoms with Crippen molar-refractivity contribution in [3.63, 3.8) is 0 Å².